The lowest BCUT2D eigenvalue weighted by Gasteiger charge is -2.32. The largest absolute Gasteiger partial charge is 0.444 e. The highest BCUT2D eigenvalue weighted by Crippen LogP contribution is 2.35. The number of piperidine rings is 1. The van der Waals surface area contributed by atoms with Gasteiger partial charge in [-0.1, -0.05) is 60.7 Å². The Morgan fingerprint density at radius 1 is 0.970 bits per heavy atom. The van der Waals surface area contributed by atoms with Crippen molar-refractivity contribution in [3.63, 3.8) is 0 Å². The lowest BCUT2D eigenvalue weighted by atomic mass is 10.0. The Labute approximate surface area is 198 Å². The maximum Gasteiger partial charge on any atom is 0.407 e. The third-order valence-electron chi connectivity index (χ3n) is 5.39. The number of hydrogen-bond acceptors (Lipinski definition) is 5. The third kappa shape index (κ3) is 5.79. The van der Waals surface area contributed by atoms with Crippen molar-refractivity contribution in [2.75, 3.05) is 13.1 Å². The number of hydrogen-bond donors (Lipinski definition) is 1. The SMILES string of the molecule is CC(C)(C)OC(=O)NC1CCN(C(=O)c2sc(-c3ccccc3)nc2-c2ccccc2)CC1. The van der Waals surface area contributed by atoms with Gasteiger partial charge in [0, 0.05) is 30.3 Å². The van der Waals surface area contributed by atoms with Crippen LogP contribution in [0.2, 0.25) is 0 Å². The van der Waals surface area contributed by atoms with E-state index in [0.717, 1.165) is 21.8 Å². The molecule has 33 heavy (non-hydrogen) atoms. The molecule has 0 atom stereocenters. The van der Waals surface area contributed by atoms with Gasteiger partial charge in [0.2, 0.25) is 0 Å². The van der Waals surface area contributed by atoms with Crippen LogP contribution in [0, 0.1) is 0 Å². The van der Waals surface area contributed by atoms with Crippen LogP contribution in [0.1, 0.15) is 43.3 Å². The third-order valence-corrected chi connectivity index (χ3v) is 6.48. The predicted octanol–water partition coefficient (Wildman–Crippen LogP) is 5.61. The van der Waals surface area contributed by atoms with Crippen LogP contribution in [0.3, 0.4) is 0 Å². The van der Waals surface area contributed by atoms with Crippen molar-refractivity contribution in [1.82, 2.24) is 15.2 Å². The Morgan fingerprint density at radius 3 is 2.12 bits per heavy atom. The number of aromatic nitrogens is 1. The topological polar surface area (TPSA) is 71.5 Å². The van der Waals surface area contributed by atoms with Crippen LogP contribution in [0.4, 0.5) is 4.79 Å². The van der Waals surface area contributed by atoms with Gasteiger partial charge in [0.25, 0.3) is 5.91 Å². The molecule has 1 N–H and O–H groups in total. The molecule has 0 spiro atoms. The molecule has 3 aromatic rings. The molecule has 0 saturated carbocycles. The van der Waals surface area contributed by atoms with Gasteiger partial charge in [0.15, 0.2) is 0 Å². The molecule has 7 heteroatoms. The summed E-state index contributed by atoms with van der Waals surface area (Å²) >= 11 is 1.43. The molecule has 0 unspecified atom stereocenters. The van der Waals surface area contributed by atoms with Crippen LogP contribution >= 0.6 is 11.3 Å². The highest BCUT2D eigenvalue weighted by atomic mass is 32.1. The first-order valence-electron chi connectivity index (χ1n) is 11.2. The van der Waals surface area contributed by atoms with Crippen molar-refractivity contribution in [2.24, 2.45) is 0 Å². The molecule has 172 valence electrons. The molecule has 2 amide bonds. The van der Waals surface area contributed by atoms with Gasteiger partial charge in [-0.25, -0.2) is 9.78 Å². The van der Waals surface area contributed by atoms with Crippen molar-refractivity contribution in [2.45, 2.75) is 45.3 Å². The number of ether oxygens (including phenoxy) is 1. The molecule has 2 aromatic carbocycles. The van der Waals surface area contributed by atoms with Crippen molar-refractivity contribution in [3.8, 4) is 21.8 Å². The maximum atomic E-state index is 13.5. The van der Waals surface area contributed by atoms with E-state index in [1.54, 1.807) is 0 Å². The number of nitrogens with zero attached hydrogens (tertiary/aromatic N) is 2. The molecule has 1 aliphatic rings. The lowest BCUT2D eigenvalue weighted by Crippen LogP contribution is -2.47. The molecule has 6 nitrogen and oxygen atoms in total. The number of carbonyl (C=O) groups excluding carboxylic acids is 2. The Morgan fingerprint density at radius 2 is 1.55 bits per heavy atom. The Balaban J connectivity index is 1.50. The number of nitrogens with one attached hydrogen (secondary N) is 1. The molecule has 4 rings (SSSR count). The van der Waals surface area contributed by atoms with Crippen molar-refractivity contribution in [1.29, 1.82) is 0 Å². The van der Waals surface area contributed by atoms with Crippen molar-refractivity contribution in [3.05, 3.63) is 65.5 Å². The summed E-state index contributed by atoms with van der Waals surface area (Å²) in [6, 6.07) is 19.8. The number of alkyl carbamates (subject to hydrolysis) is 1. The van der Waals surface area contributed by atoms with Crippen LogP contribution in [0.25, 0.3) is 21.8 Å². The monoisotopic (exact) mass is 463 g/mol. The first-order valence-corrected chi connectivity index (χ1v) is 12.0. The maximum absolute atomic E-state index is 13.5. The highest BCUT2D eigenvalue weighted by molar-refractivity contribution is 7.17. The molecule has 0 bridgehead atoms. The van der Waals surface area contributed by atoms with Crippen LogP contribution < -0.4 is 5.32 Å². The minimum absolute atomic E-state index is 0.00108. The number of carbonyl (C=O) groups is 2. The van der Waals surface area contributed by atoms with Gasteiger partial charge in [-0.05, 0) is 33.6 Å². The molecular weight excluding hydrogens is 434 g/mol. The van der Waals surface area contributed by atoms with Gasteiger partial charge >= 0.3 is 6.09 Å². The minimum atomic E-state index is -0.531. The molecule has 1 aliphatic heterocycles. The zero-order chi connectivity index (χ0) is 23.4. The molecule has 1 fully saturated rings. The highest BCUT2D eigenvalue weighted by Gasteiger charge is 2.29. The number of benzene rings is 2. The van der Waals surface area contributed by atoms with E-state index in [-0.39, 0.29) is 11.9 Å². The lowest BCUT2D eigenvalue weighted by molar-refractivity contribution is 0.0474. The van der Waals surface area contributed by atoms with Gasteiger partial charge in [0.1, 0.15) is 15.5 Å². The van der Waals surface area contributed by atoms with E-state index in [4.69, 9.17) is 9.72 Å². The normalized spacial score (nSPS) is 14.7. The Bertz CT molecular complexity index is 1100. The number of thiazole rings is 1. The van der Waals surface area contributed by atoms with Gasteiger partial charge in [-0.15, -0.1) is 11.3 Å². The van der Waals surface area contributed by atoms with Crippen LogP contribution in [0.5, 0.6) is 0 Å². The van der Waals surface area contributed by atoms with Crippen LogP contribution in [-0.4, -0.2) is 46.6 Å². The fraction of sp³-hybridized carbons (Fsp3) is 0.346. The predicted molar refractivity (Wildman–Crippen MR) is 131 cm³/mol. The molecular formula is C26H29N3O3S. The summed E-state index contributed by atoms with van der Waals surface area (Å²) in [6.07, 6.45) is 0.972. The van der Waals surface area contributed by atoms with E-state index < -0.39 is 11.7 Å². The van der Waals surface area contributed by atoms with Gasteiger partial charge < -0.3 is 15.0 Å². The average molecular weight is 464 g/mol. The summed E-state index contributed by atoms with van der Waals surface area (Å²) in [5, 5.41) is 3.76. The summed E-state index contributed by atoms with van der Waals surface area (Å²) in [5.41, 5.74) is 2.12. The number of likely N-dealkylation sites (tertiary alicyclic amines) is 1. The molecule has 1 saturated heterocycles. The first kappa shape index (κ1) is 23.0. The summed E-state index contributed by atoms with van der Waals surface area (Å²) < 4.78 is 5.36. The molecule has 0 radical (unpaired) electrons. The minimum Gasteiger partial charge on any atom is -0.444 e. The zero-order valence-corrected chi connectivity index (χ0v) is 20.0. The van der Waals surface area contributed by atoms with Gasteiger partial charge in [0.05, 0.1) is 5.69 Å². The first-order chi connectivity index (χ1) is 15.8. The summed E-state index contributed by atoms with van der Waals surface area (Å²) in [6.45, 7) is 6.68. The summed E-state index contributed by atoms with van der Waals surface area (Å²) in [4.78, 5) is 33.0. The quantitative estimate of drug-likeness (QED) is 0.546. The molecule has 2 heterocycles. The molecule has 1 aromatic heterocycles. The van der Waals surface area contributed by atoms with Crippen LogP contribution in [0.15, 0.2) is 60.7 Å². The van der Waals surface area contributed by atoms with E-state index in [2.05, 4.69) is 5.32 Å². The second-order valence-corrected chi connectivity index (χ2v) is 10.1. The van der Waals surface area contributed by atoms with E-state index in [9.17, 15) is 9.59 Å². The Hall–Kier alpha value is -3.19. The standard InChI is InChI=1S/C26H29N3O3S/c1-26(2,3)32-25(31)27-20-14-16-29(17-15-20)24(30)22-21(18-10-6-4-7-11-18)28-23(33-22)19-12-8-5-9-13-19/h4-13,20H,14-17H2,1-3H3,(H,27,31). The van der Waals surface area contributed by atoms with Crippen molar-refractivity contribution >= 4 is 23.3 Å². The van der Waals surface area contributed by atoms with E-state index in [1.165, 1.54) is 11.3 Å². The second-order valence-electron chi connectivity index (χ2n) is 9.14. The Kier molecular flexibility index (Phi) is 6.79. The molecule has 0 aliphatic carbocycles. The summed E-state index contributed by atoms with van der Waals surface area (Å²) in [5.74, 6) is -0.00995. The second kappa shape index (κ2) is 9.75. The van der Waals surface area contributed by atoms with E-state index in [1.807, 2.05) is 86.3 Å². The smallest absolute Gasteiger partial charge is 0.407 e. The van der Waals surface area contributed by atoms with E-state index >= 15 is 0 Å². The fourth-order valence-electron chi connectivity index (χ4n) is 3.81. The zero-order valence-electron chi connectivity index (χ0n) is 19.2. The average Bonchev–Trinajstić information content (AvgIpc) is 3.24. The summed E-state index contributed by atoms with van der Waals surface area (Å²) in [7, 11) is 0. The number of rotatable bonds is 4. The van der Waals surface area contributed by atoms with Crippen LogP contribution in [-0.2, 0) is 4.74 Å². The fourth-order valence-corrected chi connectivity index (χ4v) is 4.87. The van der Waals surface area contributed by atoms with E-state index in [0.29, 0.717) is 30.8 Å². The van der Waals surface area contributed by atoms with Gasteiger partial charge in [-0.3, -0.25) is 4.79 Å². The number of amides is 2. The van der Waals surface area contributed by atoms with Gasteiger partial charge in [-0.2, -0.15) is 0 Å². The van der Waals surface area contributed by atoms with Crippen molar-refractivity contribution < 1.29 is 14.3 Å².